The molecule has 0 aromatic heterocycles. The molecule has 4 atom stereocenters. The third kappa shape index (κ3) is 4.65. The molecule has 1 aliphatic rings. The lowest BCUT2D eigenvalue weighted by molar-refractivity contribution is -0.146. The van der Waals surface area contributed by atoms with Gasteiger partial charge in [0, 0.05) is 10.5 Å². The molecule has 0 aromatic rings. The molecule has 1 saturated carbocycles. The predicted molar refractivity (Wildman–Crippen MR) is 79.7 cm³/mol. The second kappa shape index (κ2) is 7.50. The smallest absolute Gasteiger partial charge is 0.323 e. The number of nitrogens with one attached hydrogen (secondary N) is 1. The van der Waals surface area contributed by atoms with Gasteiger partial charge in [0.2, 0.25) is 0 Å². The van der Waals surface area contributed by atoms with E-state index in [9.17, 15) is 15.0 Å². The van der Waals surface area contributed by atoms with Crippen LogP contribution < -0.4 is 5.32 Å². The second-order valence-corrected chi connectivity index (χ2v) is 7.30. The first kappa shape index (κ1) is 16.8. The van der Waals surface area contributed by atoms with E-state index in [1.165, 1.54) is 0 Å². The van der Waals surface area contributed by atoms with E-state index in [0.717, 1.165) is 25.8 Å². The van der Waals surface area contributed by atoms with E-state index in [2.05, 4.69) is 5.32 Å². The highest BCUT2D eigenvalue weighted by atomic mass is 32.2. The Kier molecular flexibility index (Phi) is 6.63. The van der Waals surface area contributed by atoms with Crippen LogP contribution >= 0.6 is 11.8 Å². The Labute approximate surface area is 120 Å². The third-order valence-electron chi connectivity index (χ3n) is 3.92. The van der Waals surface area contributed by atoms with Gasteiger partial charge in [-0.3, -0.25) is 4.79 Å². The predicted octanol–water partition coefficient (Wildman–Crippen LogP) is 2.25. The molecule has 4 nitrogen and oxygen atoms in total. The third-order valence-corrected chi connectivity index (χ3v) is 5.53. The van der Waals surface area contributed by atoms with Gasteiger partial charge >= 0.3 is 5.97 Å². The fourth-order valence-corrected chi connectivity index (χ4v) is 4.07. The molecule has 1 rings (SSSR count). The minimum absolute atomic E-state index is 0.153. The molecule has 0 bridgehead atoms. The Bertz CT molecular complexity index is 298. The molecule has 1 aliphatic carbocycles. The van der Waals surface area contributed by atoms with Gasteiger partial charge in [0.1, 0.15) is 5.54 Å². The number of hydrogen-bond acceptors (Lipinski definition) is 4. The number of carboxylic acids is 1. The standard InChI is InChI=1S/C14H27NO3S/c1-4-8-15-14(13(17)18)7-5-6-12(9-14)19-11(3)10(2)16/h10-12,15-16H,4-9H2,1-3H3,(H,17,18). The summed E-state index contributed by atoms with van der Waals surface area (Å²) >= 11 is 1.73. The van der Waals surface area contributed by atoms with Gasteiger partial charge in [0.05, 0.1) is 6.10 Å². The van der Waals surface area contributed by atoms with Crippen LogP contribution in [0.15, 0.2) is 0 Å². The fourth-order valence-electron chi connectivity index (χ4n) is 2.55. The van der Waals surface area contributed by atoms with Crippen molar-refractivity contribution in [3.05, 3.63) is 0 Å². The topological polar surface area (TPSA) is 69.6 Å². The molecule has 0 amide bonds. The maximum Gasteiger partial charge on any atom is 0.323 e. The van der Waals surface area contributed by atoms with Crippen LogP contribution in [0, 0.1) is 0 Å². The maximum absolute atomic E-state index is 11.6. The Morgan fingerprint density at radius 3 is 2.74 bits per heavy atom. The first-order chi connectivity index (χ1) is 8.91. The van der Waals surface area contributed by atoms with Gasteiger partial charge < -0.3 is 15.5 Å². The van der Waals surface area contributed by atoms with Gasteiger partial charge in [0.25, 0.3) is 0 Å². The normalized spacial score (nSPS) is 30.8. The van der Waals surface area contributed by atoms with E-state index in [4.69, 9.17) is 0 Å². The summed E-state index contributed by atoms with van der Waals surface area (Å²) in [4.78, 5) is 11.6. The summed E-state index contributed by atoms with van der Waals surface area (Å²) < 4.78 is 0. The summed E-state index contributed by atoms with van der Waals surface area (Å²) in [5, 5.41) is 22.8. The molecule has 112 valence electrons. The van der Waals surface area contributed by atoms with E-state index >= 15 is 0 Å². The molecule has 3 N–H and O–H groups in total. The summed E-state index contributed by atoms with van der Waals surface area (Å²) in [5.41, 5.74) is -0.760. The van der Waals surface area contributed by atoms with Gasteiger partial charge in [-0.15, -0.1) is 0 Å². The van der Waals surface area contributed by atoms with Crippen LogP contribution in [0.25, 0.3) is 0 Å². The zero-order chi connectivity index (χ0) is 14.5. The van der Waals surface area contributed by atoms with Crippen LogP contribution in [-0.2, 0) is 4.79 Å². The van der Waals surface area contributed by atoms with Gasteiger partial charge in [0.15, 0.2) is 0 Å². The zero-order valence-electron chi connectivity index (χ0n) is 12.2. The lowest BCUT2D eigenvalue weighted by Crippen LogP contribution is -2.55. The van der Waals surface area contributed by atoms with Crippen LogP contribution in [0.1, 0.15) is 52.9 Å². The van der Waals surface area contributed by atoms with Crippen LogP contribution in [0.4, 0.5) is 0 Å². The molecule has 5 heteroatoms. The summed E-state index contributed by atoms with van der Waals surface area (Å²) in [6.45, 7) is 6.59. The first-order valence-electron chi connectivity index (χ1n) is 7.23. The highest BCUT2D eigenvalue weighted by Gasteiger charge is 2.42. The average Bonchev–Trinajstić information content (AvgIpc) is 2.36. The Morgan fingerprint density at radius 2 is 2.21 bits per heavy atom. The number of hydrogen-bond donors (Lipinski definition) is 3. The summed E-state index contributed by atoms with van der Waals surface area (Å²) in [6.07, 6.45) is 3.94. The number of aliphatic hydroxyl groups excluding tert-OH is 1. The quantitative estimate of drug-likeness (QED) is 0.670. The van der Waals surface area contributed by atoms with Crippen molar-refractivity contribution in [2.45, 2.75) is 75.0 Å². The van der Waals surface area contributed by atoms with Gasteiger partial charge in [-0.1, -0.05) is 13.8 Å². The molecule has 0 radical (unpaired) electrons. The summed E-state index contributed by atoms with van der Waals surface area (Å²) in [5.74, 6) is -0.726. The number of rotatable bonds is 7. The van der Waals surface area contributed by atoms with Crippen LogP contribution in [0.3, 0.4) is 0 Å². The molecule has 1 fully saturated rings. The Morgan fingerprint density at radius 1 is 1.53 bits per heavy atom. The van der Waals surface area contributed by atoms with Gasteiger partial charge in [-0.2, -0.15) is 11.8 Å². The number of aliphatic hydroxyl groups is 1. The summed E-state index contributed by atoms with van der Waals surface area (Å²) in [6, 6.07) is 0. The van der Waals surface area contributed by atoms with E-state index in [1.54, 1.807) is 18.7 Å². The van der Waals surface area contributed by atoms with Gasteiger partial charge in [-0.25, -0.2) is 0 Å². The number of thioether (sulfide) groups is 1. The molecule has 0 aliphatic heterocycles. The van der Waals surface area contributed by atoms with Crippen molar-refractivity contribution in [2.24, 2.45) is 0 Å². The lowest BCUT2D eigenvalue weighted by atomic mass is 9.81. The van der Waals surface area contributed by atoms with Crippen LogP contribution in [0.5, 0.6) is 0 Å². The van der Waals surface area contributed by atoms with Crippen molar-refractivity contribution in [2.75, 3.05) is 6.54 Å². The second-order valence-electron chi connectivity index (χ2n) is 5.61. The SMILES string of the molecule is CCCNC1(C(=O)O)CCCC(SC(C)C(C)O)C1. The molecule has 0 aromatic carbocycles. The van der Waals surface area contributed by atoms with Gasteiger partial charge in [-0.05, 0) is 45.6 Å². The Balaban J connectivity index is 2.66. The molecular formula is C14H27NO3S. The average molecular weight is 289 g/mol. The van der Waals surface area contributed by atoms with E-state index < -0.39 is 11.5 Å². The van der Waals surface area contributed by atoms with E-state index in [-0.39, 0.29) is 11.4 Å². The van der Waals surface area contributed by atoms with Crippen molar-refractivity contribution in [3.8, 4) is 0 Å². The molecule has 19 heavy (non-hydrogen) atoms. The van der Waals surface area contributed by atoms with Crippen molar-refractivity contribution >= 4 is 17.7 Å². The molecule has 0 heterocycles. The molecule has 0 spiro atoms. The highest BCUT2D eigenvalue weighted by Crippen LogP contribution is 2.37. The van der Waals surface area contributed by atoms with Crippen molar-refractivity contribution in [1.82, 2.24) is 5.32 Å². The number of carboxylic acid groups (broad SMARTS) is 1. The zero-order valence-corrected chi connectivity index (χ0v) is 13.0. The van der Waals surface area contributed by atoms with E-state index in [1.807, 2.05) is 13.8 Å². The van der Waals surface area contributed by atoms with Crippen molar-refractivity contribution in [3.63, 3.8) is 0 Å². The van der Waals surface area contributed by atoms with Crippen LogP contribution in [-0.4, -0.2) is 44.9 Å². The number of carbonyl (C=O) groups is 1. The minimum Gasteiger partial charge on any atom is -0.480 e. The van der Waals surface area contributed by atoms with Crippen LogP contribution in [0.2, 0.25) is 0 Å². The van der Waals surface area contributed by atoms with Crippen molar-refractivity contribution < 1.29 is 15.0 Å². The molecule has 0 saturated heterocycles. The largest absolute Gasteiger partial charge is 0.480 e. The van der Waals surface area contributed by atoms with Crippen molar-refractivity contribution in [1.29, 1.82) is 0 Å². The Hall–Kier alpha value is -0.260. The number of aliphatic carboxylic acids is 1. The molecule has 4 unspecified atom stereocenters. The minimum atomic E-state index is -0.760. The first-order valence-corrected chi connectivity index (χ1v) is 8.17. The monoisotopic (exact) mass is 289 g/mol. The summed E-state index contributed by atoms with van der Waals surface area (Å²) in [7, 11) is 0. The highest BCUT2D eigenvalue weighted by molar-refractivity contribution is 8.00. The lowest BCUT2D eigenvalue weighted by Gasteiger charge is -2.39. The molecular weight excluding hydrogens is 262 g/mol. The maximum atomic E-state index is 11.6. The fraction of sp³-hybridized carbons (Fsp3) is 0.929. The van der Waals surface area contributed by atoms with E-state index in [0.29, 0.717) is 18.1 Å².